The van der Waals surface area contributed by atoms with E-state index < -0.39 is 20.0 Å². The molecule has 2 aromatic heterocycles. The topological polar surface area (TPSA) is 172 Å². The van der Waals surface area contributed by atoms with Crippen molar-refractivity contribution in [2.75, 3.05) is 54.1 Å². The highest BCUT2D eigenvalue weighted by atomic mass is 35.5. The molecule has 1 saturated heterocycles. The molecular formula is C40H46Cl2N6O10S3. The molecule has 1 aliphatic rings. The number of halogens is 2. The predicted octanol–water partition coefficient (Wildman–Crippen LogP) is 6.76. The molecule has 328 valence electrons. The standard InChI is InChI=1S/C40H46Cl2N6O10S3/c1-26(2)48(24-27-23-43-25-59-27)39(49)37-31(44-45(3)40(37)58-34-10-7-9-30(41)38(34)42)15-20-57-33-14-12-29(22-36(33)56-6)61(52,53)47-17-8-16-46(18-19-47)60(50,51)28-11-13-32(54-4)35(21-28)55-5/h7,9-14,21-23,25-26H,8,15-20,24H2,1-6H3. The molecule has 61 heavy (non-hydrogen) atoms. The SMILES string of the molecule is COc1ccc(S(=O)(=O)N2CCCN(S(=O)(=O)c3ccc(OCCc4nn(C)c(Oc5cccc(Cl)c5Cl)c4C(=O)N(Cc4cncs4)C(C)C)c(OC)c3)CC2)cc1OC. The highest BCUT2D eigenvalue weighted by Gasteiger charge is 2.34. The van der Waals surface area contributed by atoms with Gasteiger partial charge in [0.1, 0.15) is 16.3 Å². The molecule has 0 bridgehead atoms. The Labute approximate surface area is 369 Å². The van der Waals surface area contributed by atoms with Crippen molar-refractivity contribution in [2.45, 2.75) is 49.1 Å². The lowest BCUT2D eigenvalue weighted by molar-refractivity contribution is 0.0688. The monoisotopic (exact) mass is 936 g/mol. The Hall–Kier alpha value is -4.63. The summed E-state index contributed by atoms with van der Waals surface area (Å²) < 4.78 is 87.6. The van der Waals surface area contributed by atoms with Crippen LogP contribution in [0, 0.1) is 0 Å². The first kappa shape index (κ1) is 45.9. The van der Waals surface area contributed by atoms with E-state index in [-0.39, 0.29) is 112 Å². The van der Waals surface area contributed by atoms with Crippen LogP contribution in [-0.2, 0) is 40.1 Å². The maximum atomic E-state index is 14.5. The molecule has 0 unspecified atom stereocenters. The fourth-order valence-corrected chi connectivity index (χ4v) is 10.6. The minimum Gasteiger partial charge on any atom is -0.493 e. The van der Waals surface area contributed by atoms with E-state index in [0.717, 1.165) is 4.88 Å². The molecule has 21 heteroatoms. The van der Waals surface area contributed by atoms with Crippen molar-refractivity contribution in [1.82, 2.24) is 28.3 Å². The van der Waals surface area contributed by atoms with E-state index in [1.165, 1.54) is 82.4 Å². The van der Waals surface area contributed by atoms with Crippen LogP contribution in [0.5, 0.6) is 34.6 Å². The third-order valence-corrected chi connectivity index (χ3v) is 15.2. The molecule has 3 heterocycles. The number of aromatic nitrogens is 3. The van der Waals surface area contributed by atoms with Crippen LogP contribution in [0.1, 0.15) is 41.2 Å². The number of hydrogen-bond donors (Lipinski definition) is 0. The second kappa shape index (κ2) is 19.6. The van der Waals surface area contributed by atoms with E-state index in [1.807, 2.05) is 13.8 Å². The molecule has 0 atom stereocenters. The van der Waals surface area contributed by atoms with E-state index >= 15 is 0 Å². The molecule has 0 radical (unpaired) electrons. The predicted molar refractivity (Wildman–Crippen MR) is 231 cm³/mol. The highest BCUT2D eigenvalue weighted by molar-refractivity contribution is 7.89. The zero-order valence-corrected chi connectivity index (χ0v) is 38.3. The van der Waals surface area contributed by atoms with Crippen LogP contribution in [0.4, 0.5) is 0 Å². The third kappa shape index (κ3) is 10.0. The zero-order valence-electron chi connectivity index (χ0n) is 34.3. The summed E-state index contributed by atoms with van der Waals surface area (Å²) in [6.45, 7) is 4.23. The fraction of sp³-hybridized carbons (Fsp3) is 0.375. The minimum absolute atomic E-state index is 0.00771. The Morgan fingerprint density at radius 1 is 0.836 bits per heavy atom. The zero-order chi connectivity index (χ0) is 44.1. The number of nitrogens with zero attached hydrogens (tertiary/aromatic N) is 6. The number of amides is 1. The Morgan fingerprint density at radius 2 is 1.44 bits per heavy atom. The summed E-state index contributed by atoms with van der Waals surface area (Å²) >= 11 is 14.2. The van der Waals surface area contributed by atoms with Gasteiger partial charge in [-0.3, -0.25) is 9.78 Å². The summed E-state index contributed by atoms with van der Waals surface area (Å²) in [5, 5.41) is 5.11. The van der Waals surface area contributed by atoms with Gasteiger partial charge in [0.05, 0.1) is 60.5 Å². The Balaban J connectivity index is 1.19. The number of sulfonamides is 2. The molecule has 6 rings (SSSR count). The first-order valence-corrected chi connectivity index (χ1v) is 23.5. The van der Waals surface area contributed by atoms with Gasteiger partial charge in [-0.15, -0.1) is 11.3 Å². The normalized spacial score (nSPS) is 14.1. The maximum Gasteiger partial charge on any atom is 0.261 e. The Bertz CT molecular complexity index is 2570. The maximum absolute atomic E-state index is 14.5. The van der Waals surface area contributed by atoms with Crippen molar-refractivity contribution in [3.63, 3.8) is 0 Å². The van der Waals surface area contributed by atoms with Crippen LogP contribution in [0.2, 0.25) is 10.0 Å². The van der Waals surface area contributed by atoms with E-state index in [4.69, 9.17) is 46.9 Å². The van der Waals surface area contributed by atoms with Crippen molar-refractivity contribution in [2.24, 2.45) is 7.05 Å². The van der Waals surface area contributed by atoms with E-state index in [0.29, 0.717) is 18.0 Å². The van der Waals surface area contributed by atoms with Gasteiger partial charge in [0.2, 0.25) is 25.9 Å². The van der Waals surface area contributed by atoms with Crippen LogP contribution in [-0.4, -0.2) is 111 Å². The summed E-state index contributed by atoms with van der Waals surface area (Å²) in [4.78, 5) is 21.2. The van der Waals surface area contributed by atoms with Gasteiger partial charge in [-0.1, -0.05) is 29.3 Å². The Kier molecular flexibility index (Phi) is 14.7. The van der Waals surface area contributed by atoms with E-state index in [1.54, 1.807) is 41.9 Å². The lowest BCUT2D eigenvalue weighted by Crippen LogP contribution is -2.37. The lowest BCUT2D eigenvalue weighted by atomic mass is 10.1. The van der Waals surface area contributed by atoms with E-state index in [9.17, 15) is 21.6 Å². The van der Waals surface area contributed by atoms with Gasteiger partial charge in [0.25, 0.3) is 5.91 Å². The van der Waals surface area contributed by atoms with Gasteiger partial charge in [-0.2, -0.15) is 13.7 Å². The number of ether oxygens (including phenoxy) is 5. The minimum atomic E-state index is -4.08. The molecule has 3 aromatic carbocycles. The van der Waals surface area contributed by atoms with Crippen molar-refractivity contribution in [3.05, 3.63) is 92.5 Å². The van der Waals surface area contributed by atoms with Gasteiger partial charge in [-0.25, -0.2) is 21.5 Å². The third-order valence-electron chi connectivity index (χ3n) is 9.87. The van der Waals surface area contributed by atoms with Crippen molar-refractivity contribution in [1.29, 1.82) is 0 Å². The fourth-order valence-electron chi connectivity index (χ4n) is 6.67. The number of carbonyl (C=O) groups is 1. The number of hydrogen-bond acceptors (Lipinski definition) is 13. The second-order valence-electron chi connectivity index (χ2n) is 14.0. The number of benzene rings is 3. The molecule has 1 fully saturated rings. The summed E-state index contributed by atoms with van der Waals surface area (Å²) in [5.41, 5.74) is 2.30. The molecule has 5 aromatic rings. The van der Waals surface area contributed by atoms with E-state index in [2.05, 4.69) is 10.1 Å². The molecular weight excluding hydrogens is 892 g/mol. The van der Waals surface area contributed by atoms with Crippen molar-refractivity contribution in [3.8, 4) is 34.6 Å². The molecule has 0 aliphatic carbocycles. The van der Waals surface area contributed by atoms with Gasteiger partial charge in [0, 0.05) is 68.9 Å². The number of thiazole rings is 1. The van der Waals surface area contributed by atoms with Crippen LogP contribution < -0.4 is 23.7 Å². The molecule has 0 saturated carbocycles. The first-order valence-electron chi connectivity index (χ1n) is 19.0. The van der Waals surface area contributed by atoms with Crippen LogP contribution in [0.15, 0.2) is 76.1 Å². The second-order valence-corrected chi connectivity index (χ2v) is 19.6. The average Bonchev–Trinajstić information content (AvgIpc) is 3.78. The van der Waals surface area contributed by atoms with Crippen LogP contribution >= 0.6 is 34.5 Å². The molecule has 1 amide bonds. The van der Waals surface area contributed by atoms with Crippen LogP contribution in [0.25, 0.3) is 0 Å². The number of aryl methyl sites for hydroxylation is 1. The largest absolute Gasteiger partial charge is 0.493 e. The number of rotatable bonds is 17. The molecule has 16 nitrogen and oxygen atoms in total. The number of carbonyl (C=O) groups excluding carboxylic acids is 1. The summed E-state index contributed by atoms with van der Waals surface area (Å²) in [6.07, 6.45) is 2.13. The van der Waals surface area contributed by atoms with Gasteiger partial charge >= 0.3 is 0 Å². The smallest absolute Gasteiger partial charge is 0.261 e. The molecule has 1 aliphatic heterocycles. The highest BCUT2D eigenvalue weighted by Crippen LogP contribution is 2.38. The summed E-state index contributed by atoms with van der Waals surface area (Å²) in [6, 6.07) is 13.3. The van der Waals surface area contributed by atoms with Gasteiger partial charge in [0.15, 0.2) is 23.0 Å². The number of methoxy groups -OCH3 is 3. The van der Waals surface area contributed by atoms with Crippen LogP contribution in [0.3, 0.4) is 0 Å². The summed E-state index contributed by atoms with van der Waals surface area (Å²) in [7, 11) is -2.14. The molecule has 0 N–H and O–H groups in total. The van der Waals surface area contributed by atoms with Gasteiger partial charge < -0.3 is 28.6 Å². The lowest BCUT2D eigenvalue weighted by Gasteiger charge is -2.26. The average molecular weight is 938 g/mol. The first-order chi connectivity index (χ1) is 29.1. The summed E-state index contributed by atoms with van der Waals surface area (Å²) in [5.74, 6) is 1.11. The van der Waals surface area contributed by atoms with Crippen molar-refractivity contribution < 1.29 is 45.3 Å². The quantitative estimate of drug-likeness (QED) is 0.0961. The van der Waals surface area contributed by atoms with Gasteiger partial charge in [-0.05, 0) is 56.7 Å². The van der Waals surface area contributed by atoms with Crippen molar-refractivity contribution >= 4 is 60.5 Å². The molecule has 0 spiro atoms. The Morgan fingerprint density at radius 3 is 2.02 bits per heavy atom.